The Morgan fingerprint density at radius 2 is 1.79 bits per heavy atom. The van der Waals surface area contributed by atoms with Gasteiger partial charge in [0.1, 0.15) is 0 Å². The smallest absolute Gasteiger partial charge is 0.368 e. The molecule has 0 atom stereocenters. The minimum atomic E-state index is -4.51. The van der Waals surface area contributed by atoms with Gasteiger partial charge in [0.05, 0.1) is 11.8 Å². The molecule has 0 spiro atoms. The summed E-state index contributed by atoms with van der Waals surface area (Å²) in [5, 5.41) is 5.57. The number of hydrogen-bond acceptors (Lipinski definition) is 6. The second-order valence-corrected chi connectivity index (χ2v) is 7.33. The second-order valence-electron chi connectivity index (χ2n) is 7.33. The zero-order valence-corrected chi connectivity index (χ0v) is 16.5. The van der Waals surface area contributed by atoms with E-state index in [-0.39, 0.29) is 29.2 Å². The monoisotopic (exact) mass is 412 g/mol. The minimum Gasteiger partial charge on any atom is -0.368 e. The molecule has 1 aromatic heterocycles. The van der Waals surface area contributed by atoms with E-state index in [1.165, 1.54) is 6.07 Å². The lowest BCUT2D eigenvalue weighted by atomic mass is 10.1. The molecule has 0 bridgehead atoms. The van der Waals surface area contributed by atoms with Crippen molar-refractivity contribution in [3.63, 3.8) is 0 Å². The highest BCUT2D eigenvalue weighted by Gasteiger charge is 2.35. The number of rotatable bonds is 5. The molecule has 10 heteroatoms. The van der Waals surface area contributed by atoms with Crippen molar-refractivity contribution >= 4 is 23.1 Å². The Morgan fingerprint density at radius 1 is 1.10 bits per heavy atom. The number of anilines is 4. The van der Waals surface area contributed by atoms with Crippen molar-refractivity contribution < 1.29 is 17.6 Å². The third-order valence-corrected chi connectivity index (χ3v) is 4.57. The van der Waals surface area contributed by atoms with Gasteiger partial charge in [-0.25, -0.2) is 9.37 Å². The van der Waals surface area contributed by atoms with Crippen molar-refractivity contribution in [1.82, 2.24) is 14.9 Å². The summed E-state index contributed by atoms with van der Waals surface area (Å²) in [6, 6.07) is 3.97. The Hall–Kier alpha value is -2.62. The SMILES string of the molecule is CC(C)Nc1nc(Nc2ccc(N3CCN(C)CC3)c(C(F)(F)F)c2)ncc1F. The molecule has 1 fully saturated rings. The zero-order valence-electron chi connectivity index (χ0n) is 16.5. The molecule has 29 heavy (non-hydrogen) atoms. The van der Waals surface area contributed by atoms with Crippen molar-refractivity contribution in [1.29, 1.82) is 0 Å². The van der Waals surface area contributed by atoms with Gasteiger partial charge in [-0.05, 0) is 39.1 Å². The van der Waals surface area contributed by atoms with Crippen LogP contribution in [0.2, 0.25) is 0 Å². The fourth-order valence-corrected chi connectivity index (χ4v) is 3.10. The summed E-state index contributed by atoms with van der Waals surface area (Å²) in [5.41, 5.74) is -0.398. The van der Waals surface area contributed by atoms with E-state index in [0.717, 1.165) is 12.3 Å². The van der Waals surface area contributed by atoms with E-state index in [1.54, 1.807) is 11.0 Å². The first-order valence-electron chi connectivity index (χ1n) is 9.34. The first-order chi connectivity index (χ1) is 13.6. The standard InChI is InChI=1S/C19H24F4N6/c1-12(2)25-17-15(20)11-24-18(27-17)26-13-4-5-16(14(10-13)19(21,22)23)29-8-6-28(3)7-9-29/h4-5,10-12H,6-9H2,1-3H3,(H2,24,25,26,27). The van der Waals surface area contributed by atoms with Crippen LogP contribution in [0.25, 0.3) is 0 Å². The number of aromatic nitrogens is 2. The van der Waals surface area contributed by atoms with Gasteiger partial charge in [-0.1, -0.05) is 0 Å². The van der Waals surface area contributed by atoms with E-state index >= 15 is 0 Å². The molecule has 0 unspecified atom stereocenters. The second kappa shape index (κ2) is 8.40. The number of benzene rings is 1. The van der Waals surface area contributed by atoms with Gasteiger partial charge in [0.25, 0.3) is 0 Å². The fourth-order valence-electron chi connectivity index (χ4n) is 3.10. The molecule has 158 valence electrons. The van der Waals surface area contributed by atoms with E-state index in [1.807, 2.05) is 20.9 Å². The van der Waals surface area contributed by atoms with E-state index < -0.39 is 17.6 Å². The number of alkyl halides is 3. The van der Waals surface area contributed by atoms with Crippen LogP contribution in [0.5, 0.6) is 0 Å². The fraction of sp³-hybridized carbons (Fsp3) is 0.474. The molecule has 0 amide bonds. The summed E-state index contributed by atoms with van der Waals surface area (Å²) in [5.74, 6) is -0.636. The number of hydrogen-bond donors (Lipinski definition) is 2. The average molecular weight is 412 g/mol. The van der Waals surface area contributed by atoms with Crippen LogP contribution >= 0.6 is 0 Å². The van der Waals surface area contributed by atoms with Crippen molar-refractivity contribution in [2.75, 3.05) is 48.8 Å². The zero-order chi connectivity index (χ0) is 21.2. The van der Waals surface area contributed by atoms with E-state index in [2.05, 4.69) is 25.5 Å². The lowest BCUT2D eigenvalue weighted by Crippen LogP contribution is -2.45. The van der Waals surface area contributed by atoms with Crippen molar-refractivity contribution in [2.45, 2.75) is 26.1 Å². The maximum absolute atomic E-state index is 13.8. The molecule has 0 saturated carbocycles. The van der Waals surface area contributed by atoms with Gasteiger partial charge >= 0.3 is 6.18 Å². The Balaban J connectivity index is 1.87. The first kappa shape index (κ1) is 21.1. The number of nitrogens with one attached hydrogen (secondary N) is 2. The summed E-state index contributed by atoms with van der Waals surface area (Å²) in [7, 11) is 1.94. The highest BCUT2D eigenvalue weighted by molar-refractivity contribution is 5.65. The summed E-state index contributed by atoms with van der Waals surface area (Å²) in [6.45, 7) is 6.09. The number of likely N-dealkylation sites (N-methyl/N-ethyl adjacent to an activating group) is 1. The highest BCUT2D eigenvalue weighted by atomic mass is 19.4. The molecule has 2 aromatic rings. The molecule has 1 aliphatic rings. The van der Waals surface area contributed by atoms with Crippen molar-refractivity contribution in [3.8, 4) is 0 Å². The van der Waals surface area contributed by atoms with Crippen LogP contribution in [-0.2, 0) is 6.18 Å². The number of halogens is 4. The van der Waals surface area contributed by atoms with Crippen LogP contribution in [0.3, 0.4) is 0 Å². The van der Waals surface area contributed by atoms with Gasteiger partial charge in [-0.2, -0.15) is 18.2 Å². The summed E-state index contributed by atoms with van der Waals surface area (Å²) >= 11 is 0. The number of nitrogens with zero attached hydrogens (tertiary/aromatic N) is 4. The molecule has 0 radical (unpaired) electrons. The molecule has 1 aromatic carbocycles. The molecule has 2 N–H and O–H groups in total. The minimum absolute atomic E-state index is 0.00928. The molecule has 1 aliphatic heterocycles. The summed E-state index contributed by atoms with van der Waals surface area (Å²) in [6.07, 6.45) is -3.53. The molecule has 2 heterocycles. The molecular weight excluding hydrogens is 388 g/mol. The topological polar surface area (TPSA) is 56.3 Å². The van der Waals surface area contributed by atoms with Gasteiger partial charge in [0.2, 0.25) is 5.95 Å². The Morgan fingerprint density at radius 3 is 2.41 bits per heavy atom. The van der Waals surface area contributed by atoms with Gasteiger partial charge in [0, 0.05) is 43.6 Å². The quantitative estimate of drug-likeness (QED) is 0.726. The Bertz CT molecular complexity index is 847. The van der Waals surface area contributed by atoms with Crippen LogP contribution in [0.1, 0.15) is 19.4 Å². The molecular formula is C19H24F4N6. The maximum Gasteiger partial charge on any atom is 0.418 e. The normalized spacial score (nSPS) is 15.7. The lowest BCUT2D eigenvalue weighted by molar-refractivity contribution is -0.137. The van der Waals surface area contributed by atoms with Gasteiger partial charge in [0.15, 0.2) is 11.6 Å². The number of piperazine rings is 1. The molecule has 3 rings (SSSR count). The van der Waals surface area contributed by atoms with Gasteiger partial charge in [-0.15, -0.1) is 0 Å². The third-order valence-electron chi connectivity index (χ3n) is 4.57. The molecule has 1 saturated heterocycles. The lowest BCUT2D eigenvalue weighted by Gasteiger charge is -2.35. The van der Waals surface area contributed by atoms with E-state index in [4.69, 9.17) is 0 Å². The van der Waals surface area contributed by atoms with Crippen LogP contribution < -0.4 is 15.5 Å². The van der Waals surface area contributed by atoms with Gasteiger partial charge in [-0.3, -0.25) is 0 Å². The predicted octanol–water partition coefficient (Wildman–Crippen LogP) is 3.95. The van der Waals surface area contributed by atoms with Crippen LogP contribution in [0, 0.1) is 5.82 Å². The summed E-state index contributed by atoms with van der Waals surface area (Å²) in [4.78, 5) is 11.7. The largest absolute Gasteiger partial charge is 0.418 e. The van der Waals surface area contributed by atoms with E-state index in [0.29, 0.717) is 26.2 Å². The van der Waals surface area contributed by atoms with Gasteiger partial charge < -0.3 is 20.4 Å². The summed E-state index contributed by atoms with van der Waals surface area (Å²) < 4.78 is 54.9. The predicted molar refractivity (Wildman–Crippen MR) is 105 cm³/mol. The third kappa shape index (κ3) is 5.26. The molecule has 0 aliphatic carbocycles. The Kier molecular flexibility index (Phi) is 6.11. The maximum atomic E-state index is 13.8. The highest BCUT2D eigenvalue weighted by Crippen LogP contribution is 2.39. The van der Waals surface area contributed by atoms with E-state index in [9.17, 15) is 17.6 Å². The van der Waals surface area contributed by atoms with Crippen LogP contribution in [-0.4, -0.2) is 54.1 Å². The average Bonchev–Trinajstić information content (AvgIpc) is 2.64. The van der Waals surface area contributed by atoms with Crippen LogP contribution in [0.15, 0.2) is 24.4 Å². The van der Waals surface area contributed by atoms with Crippen molar-refractivity contribution in [3.05, 3.63) is 35.8 Å². The Labute approximate surface area is 166 Å². The molecule has 6 nitrogen and oxygen atoms in total. The van der Waals surface area contributed by atoms with Crippen molar-refractivity contribution in [2.24, 2.45) is 0 Å². The van der Waals surface area contributed by atoms with Crippen LogP contribution in [0.4, 0.5) is 40.7 Å². The first-order valence-corrected chi connectivity index (χ1v) is 9.34.